The molecule has 0 atom stereocenters. The maximum Gasteiger partial charge on any atom is 0.129 e. The van der Waals surface area contributed by atoms with Crippen molar-refractivity contribution in [1.82, 2.24) is 10.3 Å². The summed E-state index contributed by atoms with van der Waals surface area (Å²) in [5.41, 5.74) is 1.09. The number of rotatable bonds is 8. The lowest BCUT2D eigenvalue weighted by atomic mass is 10.2. The Morgan fingerprint density at radius 3 is 2.84 bits per heavy atom. The van der Waals surface area contributed by atoms with Gasteiger partial charge in [0.05, 0.1) is 5.02 Å². The van der Waals surface area contributed by atoms with Crippen LogP contribution in [-0.4, -0.2) is 24.1 Å². The minimum absolute atomic E-state index is 0.438. The standard InChI is InChI=1S/C15H24ClN3/c1-5-7-19(8-6-2)15-9-13(10-17-12(3)4)14(16)11-18-15/h5,9,11-12,17H,1,6-8,10H2,2-4H3. The lowest BCUT2D eigenvalue weighted by molar-refractivity contribution is 0.588. The minimum atomic E-state index is 0.438. The van der Waals surface area contributed by atoms with Gasteiger partial charge in [0.2, 0.25) is 0 Å². The summed E-state index contributed by atoms with van der Waals surface area (Å²) in [5, 5.41) is 4.10. The van der Waals surface area contributed by atoms with E-state index in [9.17, 15) is 0 Å². The predicted molar refractivity (Wildman–Crippen MR) is 83.9 cm³/mol. The third kappa shape index (κ3) is 5.21. The van der Waals surface area contributed by atoms with Crippen LogP contribution in [0.1, 0.15) is 32.8 Å². The molecule has 1 N–H and O–H groups in total. The highest BCUT2D eigenvalue weighted by molar-refractivity contribution is 6.31. The first-order valence-electron chi connectivity index (χ1n) is 6.82. The van der Waals surface area contributed by atoms with Gasteiger partial charge in [-0.1, -0.05) is 38.4 Å². The van der Waals surface area contributed by atoms with Crippen LogP contribution in [0.5, 0.6) is 0 Å². The number of halogens is 1. The molecule has 0 spiro atoms. The maximum atomic E-state index is 6.20. The van der Waals surface area contributed by atoms with E-state index in [1.54, 1.807) is 6.20 Å². The molecule has 19 heavy (non-hydrogen) atoms. The topological polar surface area (TPSA) is 28.2 Å². The first-order chi connectivity index (χ1) is 9.08. The zero-order valence-corrected chi connectivity index (χ0v) is 12.9. The van der Waals surface area contributed by atoms with Gasteiger partial charge in [0.1, 0.15) is 5.82 Å². The molecule has 1 rings (SSSR count). The van der Waals surface area contributed by atoms with Crippen molar-refractivity contribution in [1.29, 1.82) is 0 Å². The smallest absolute Gasteiger partial charge is 0.129 e. The summed E-state index contributed by atoms with van der Waals surface area (Å²) in [6, 6.07) is 2.50. The summed E-state index contributed by atoms with van der Waals surface area (Å²) in [5.74, 6) is 0.965. The Hall–Kier alpha value is -1.06. The van der Waals surface area contributed by atoms with Gasteiger partial charge in [0, 0.05) is 31.9 Å². The summed E-state index contributed by atoms with van der Waals surface area (Å²) < 4.78 is 0. The van der Waals surface area contributed by atoms with Gasteiger partial charge in [-0.15, -0.1) is 6.58 Å². The summed E-state index contributed by atoms with van der Waals surface area (Å²) in [4.78, 5) is 6.63. The Morgan fingerprint density at radius 2 is 2.26 bits per heavy atom. The predicted octanol–water partition coefficient (Wildman–Crippen LogP) is 3.64. The average Bonchev–Trinajstić information content (AvgIpc) is 2.37. The first-order valence-corrected chi connectivity index (χ1v) is 7.19. The van der Waals surface area contributed by atoms with Gasteiger partial charge in [0.25, 0.3) is 0 Å². The molecule has 3 nitrogen and oxygen atoms in total. The van der Waals surface area contributed by atoms with Gasteiger partial charge in [-0.05, 0) is 18.1 Å². The number of nitrogens with zero attached hydrogens (tertiary/aromatic N) is 2. The highest BCUT2D eigenvalue weighted by Gasteiger charge is 2.09. The monoisotopic (exact) mass is 281 g/mol. The molecule has 4 heteroatoms. The Labute approximate surface area is 121 Å². The normalized spacial score (nSPS) is 10.8. The Bertz CT molecular complexity index is 404. The van der Waals surface area contributed by atoms with E-state index in [2.05, 4.69) is 48.6 Å². The molecule has 0 amide bonds. The van der Waals surface area contributed by atoms with Crippen LogP contribution in [-0.2, 0) is 6.54 Å². The SMILES string of the molecule is C=CCN(CCC)c1cc(CNC(C)C)c(Cl)cn1. The molecule has 0 unspecified atom stereocenters. The second kappa shape index (κ2) is 8.18. The number of nitrogens with one attached hydrogen (secondary N) is 1. The van der Waals surface area contributed by atoms with Crippen LogP contribution in [0.3, 0.4) is 0 Å². The van der Waals surface area contributed by atoms with Gasteiger partial charge in [0.15, 0.2) is 0 Å². The highest BCUT2D eigenvalue weighted by Crippen LogP contribution is 2.20. The van der Waals surface area contributed by atoms with Crippen molar-refractivity contribution in [2.45, 2.75) is 39.8 Å². The molecule has 0 radical (unpaired) electrons. The molecule has 0 saturated carbocycles. The van der Waals surface area contributed by atoms with Crippen LogP contribution < -0.4 is 10.2 Å². The molecule has 1 aromatic heterocycles. The van der Waals surface area contributed by atoms with Crippen molar-refractivity contribution in [3.05, 3.63) is 35.5 Å². The molecular weight excluding hydrogens is 258 g/mol. The van der Waals surface area contributed by atoms with Crippen LogP contribution in [0, 0.1) is 0 Å². The Kier molecular flexibility index (Phi) is 6.89. The summed E-state index contributed by atoms with van der Waals surface area (Å²) in [6.45, 7) is 12.7. The number of hydrogen-bond acceptors (Lipinski definition) is 3. The van der Waals surface area contributed by atoms with Crippen LogP contribution >= 0.6 is 11.6 Å². The zero-order valence-electron chi connectivity index (χ0n) is 12.1. The van der Waals surface area contributed by atoms with E-state index in [0.29, 0.717) is 11.1 Å². The molecule has 1 aromatic rings. The third-order valence-electron chi connectivity index (χ3n) is 2.79. The Balaban J connectivity index is 2.88. The Morgan fingerprint density at radius 1 is 1.53 bits per heavy atom. The molecule has 106 valence electrons. The van der Waals surface area contributed by atoms with Gasteiger partial charge in [-0.25, -0.2) is 4.98 Å². The van der Waals surface area contributed by atoms with Crippen molar-refractivity contribution in [3.63, 3.8) is 0 Å². The van der Waals surface area contributed by atoms with Gasteiger partial charge < -0.3 is 10.2 Å². The van der Waals surface area contributed by atoms with E-state index < -0.39 is 0 Å². The molecule has 1 heterocycles. The first kappa shape index (κ1) is 16.0. The molecule has 0 aliphatic rings. The van der Waals surface area contributed by atoms with E-state index in [0.717, 1.165) is 37.4 Å². The number of pyridine rings is 1. The van der Waals surface area contributed by atoms with Crippen molar-refractivity contribution >= 4 is 17.4 Å². The van der Waals surface area contributed by atoms with Crippen molar-refractivity contribution in [2.24, 2.45) is 0 Å². The van der Waals surface area contributed by atoms with Crippen molar-refractivity contribution in [3.8, 4) is 0 Å². The lowest BCUT2D eigenvalue weighted by Crippen LogP contribution is -2.26. The van der Waals surface area contributed by atoms with Crippen molar-refractivity contribution < 1.29 is 0 Å². The number of aromatic nitrogens is 1. The van der Waals surface area contributed by atoms with E-state index in [1.807, 2.05) is 6.08 Å². The molecule has 0 bridgehead atoms. The molecular formula is C15H24ClN3. The van der Waals surface area contributed by atoms with Gasteiger partial charge in [-0.2, -0.15) is 0 Å². The third-order valence-corrected chi connectivity index (χ3v) is 3.13. The van der Waals surface area contributed by atoms with E-state index in [4.69, 9.17) is 11.6 Å². The lowest BCUT2D eigenvalue weighted by Gasteiger charge is -2.22. The van der Waals surface area contributed by atoms with Crippen molar-refractivity contribution in [2.75, 3.05) is 18.0 Å². The molecule has 0 fully saturated rings. The summed E-state index contributed by atoms with van der Waals surface area (Å²) in [6.07, 6.45) is 4.72. The molecule has 0 aliphatic heterocycles. The molecule has 0 saturated heterocycles. The molecule has 0 aromatic carbocycles. The van der Waals surface area contributed by atoms with E-state index in [1.165, 1.54) is 0 Å². The number of hydrogen-bond donors (Lipinski definition) is 1. The van der Waals surface area contributed by atoms with E-state index in [-0.39, 0.29) is 0 Å². The number of anilines is 1. The largest absolute Gasteiger partial charge is 0.353 e. The minimum Gasteiger partial charge on any atom is -0.353 e. The second-order valence-corrected chi connectivity index (χ2v) is 5.31. The van der Waals surface area contributed by atoms with Gasteiger partial charge in [-0.3, -0.25) is 0 Å². The van der Waals surface area contributed by atoms with Crippen LogP contribution in [0.25, 0.3) is 0 Å². The van der Waals surface area contributed by atoms with Gasteiger partial charge >= 0.3 is 0 Å². The van der Waals surface area contributed by atoms with Crippen LogP contribution in [0.15, 0.2) is 24.9 Å². The fourth-order valence-corrected chi connectivity index (χ4v) is 1.99. The average molecular weight is 282 g/mol. The van der Waals surface area contributed by atoms with E-state index >= 15 is 0 Å². The highest BCUT2D eigenvalue weighted by atomic mass is 35.5. The quantitative estimate of drug-likeness (QED) is 0.738. The maximum absolute atomic E-state index is 6.20. The van der Waals surface area contributed by atoms with Crippen LogP contribution in [0.4, 0.5) is 5.82 Å². The zero-order chi connectivity index (χ0) is 14.3. The van der Waals surface area contributed by atoms with Crippen LogP contribution in [0.2, 0.25) is 5.02 Å². The molecule has 0 aliphatic carbocycles. The fraction of sp³-hybridized carbons (Fsp3) is 0.533. The fourth-order valence-electron chi connectivity index (χ4n) is 1.82. The summed E-state index contributed by atoms with van der Waals surface area (Å²) in [7, 11) is 0. The second-order valence-electron chi connectivity index (χ2n) is 4.90. The summed E-state index contributed by atoms with van der Waals surface area (Å²) >= 11 is 6.20.